The summed E-state index contributed by atoms with van der Waals surface area (Å²) in [6.45, 7) is 1.57. The van der Waals surface area contributed by atoms with Crippen LogP contribution in [-0.2, 0) is 0 Å². The second-order valence-corrected chi connectivity index (χ2v) is 4.21. The van der Waals surface area contributed by atoms with Crippen LogP contribution in [0, 0.1) is 6.92 Å². The fourth-order valence-electron chi connectivity index (χ4n) is 1.38. The Morgan fingerprint density at radius 3 is 2.82 bits per heavy atom. The number of nitrogens with one attached hydrogen (secondary N) is 1. The Hall–Kier alpha value is -1.44. The smallest absolute Gasteiger partial charge is 0.369 e. The molecule has 0 fully saturated rings. The van der Waals surface area contributed by atoms with Crippen molar-refractivity contribution in [2.24, 2.45) is 0 Å². The molecular weight excluding hydrogens is 253 g/mol. The molecule has 2 heterocycles. The van der Waals surface area contributed by atoms with Gasteiger partial charge in [-0.15, -0.1) is 0 Å². The highest BCUT2D eigenvalue weighted by Gasteiger charge is 2.26. The molecule has 0 aliphatic heterocycles. The molecule has 2 rings (SSSR count). The first-order valence-electron chi connectivity index (χ1n) is 4.85. The van der Waals surface area contributed by atoms with Gasteiger partial charge in [-0.25, -0.2) is 9.97 Å². The molecule has 0 aromatic carbocycles. The fraction of sp³-hybridized carbons (Fsp3) is 0.444. The van der Waals surface area contributed by atoms with Gasteiger partial charge in [-0.1, -0.05) is 0 Å². The predicted octanol–water partition coefficient (Wildman–Crippen LogP) is 2.76. The molecular formula is C9H9F3N4S. The number of aryl methyl sites for hydroxylation is 1. The Bertz CT molecular complexity index is 522. The third-order valence-electron chi connectivity index (χ3n) is 2.14. The van der Waals surface area contributed by atoms with Gasteiger partial charge in [0.2, 0.25) is 0 Å². The molecule has 1 N–H and O–H groups in total. The van der Waals surface area contributed by atoms with Crippen LogP contribution in [0.1, 0.15) is 12.1 Å². The summed E-state index contributed by atoms with van der Waals surface area (Å²) in [5, 5.41) is 3.36. The van der Waals surface area contributed by atoms with Crippen LogP contribution in [0.4, 0.5) is 19.0 Å². The molecule has 92 valence electrons. The van der Waals surface area contributed by atoms with Crippen LogP contribution in [-0.4, -0.2) is 27.1 Å². The zero-order valence-electron chi connectivity index (χ0n) is 8.88. The van der Waals surface area contributed by atoms with Gasteiger partial charge >= 0.3 is 6.18 Å². The van der Waals surface area contributed by atoms with Gasteiger partial charge in [-0.3, -0.25) is 0 Å². The number of rotatable bonds is 3. The Balaban J connectivity index is 2.16. The molecule has 17 heavy (non-hydrogen) atoms. The van der Waals surface area contributed by atoms with Crippen molar-refractivity contribution in [2.75, 3.05) is 11.9 Å². The minimum Gasteiger partial charge on any atom is -0.369 e. The maximum atomic E-state index is 12.0. The highest BCUT2D eigenvalue weighted by Crippen LogP contribution is 2.26. The van der Waals surface area contributed by atoms with Gasteiger partial charge in [-0.2, -0.15) is 17.5 Å². The Morgan fingerprint density at radius 1 is 1.35 bits per heavy atom. The lowest BCUT2D eigenvalue weighted by Crippen LogP contribution is -2.15. The van der Waals surface area contributed by atoms with Crippen LogP contribution in [0.2, 0.25) is 0 Å². The van der Waals surface area contributed by atoms with E-state index in [2.05, 4.69) is 19.7 Å². The van der Waals surface area contributed by atoms with E-state index < -0.39 is 12.6 Å². The lowest BCUT2D eigenvalue weighted by Gasteiger charge is -2.08. The third-order valence-corrected chi connectivity index (χ3v) is 2.99. The maximum absolute atomic E-state index is 12.0. The topological polar surface area (TPSA) is 50.7 Å². The van der Waals surface area contributed by atoms with Crippen LogP contribution in [0.5, 0.6) is 0 Å². The molecule has 0 unspecified atom stereocenters. The van der Waals surface area contributed by atoms with E-state index in [9.17, 15) is 13.2 Å². The summed E-state index contributed by atoms with van der Waals surface area (Å²) < 4.78 is 40.1. The molecule has 0 aliphatic rings. The number of fused-ring (bicyclic) bond motifs is 1. The number of anilines is 1. The lowest BCUT2D eigenvalue weighted by molar-refractivity contribution is -0.131. The molecule has 0 bridgehead atoms. The highest BCUT2D eigenvalue weighted by molar-refractivity contribution is 7.13. The largest absolute Gasteiger partial charge is 0.390 e. The van der Waals surface area contributed by atoms with E-state index in [0.29, 0.717) is 16.0 Å². The quantitative estimate of drug-likeness (QED) is 0.924. The molecule has 8 heteroatoms. The SMILES string of the molecule is Cc1nsc2ncnc(NCCC(F)(F)F)c12. The van der Waals surface area contributed by atoms with Gasteiger partial charge in [0.1, 0.15) is 17.0 Å². The van der Waals surface area contributed by atoms with Crippen molar-refractivity contribution >= 4 is 27.6 Å². The van der Waals surface area contributed by atoms with Gasteiger partial charge in [0.15, 0.2) is 0 Å². The van der Waals surface area contributed by atoms with E-state index in [1.54, 1.807) is 6.92 Å². The molecule has 4 nitrogen and oxygen atoms in total. The number of aromatic nitrogens is 3. The lowest BCUT2D eigenvalue weighted by atomic mass is 10.3. The van der Waals surface area contributed by atoms with Crippen molar-refractivity contribution in [3.05, 3.63) is 12.0 Å². The highest BCUT2D eigenvalue weighted by atomic mass is 32.1. The standard InChI is InChI=1S/C9H9F3N4S/c1-5-6-7(13-3-2-9(10,11)12)14-4-15-8(6)17-16-5/h4H,2-3H2,1H3,(H,13,14,15). The molecule has 0 radical (unpaired) electrons. The number of nitrogens with zero attached hydrogens (tertiary/aromatic N) is 3. The number of hydrogen-bond donors (Lipinski definition) is 1. The summed E-state index contributed by atoms with van der Waals surface area (Å²) in [4.78, 5) is 8.61. The molecule has 0 atom stereocenters. The molecule has 0 saturated carbocycles. The zero-order chi connectivity index (χ0) is 12.5. The minimum atomic E-state index is -4.17. The third kappa shape index (κ3) is 2.82. The van der Waals surface area contributed by atoms with Crippen LogP contribution < -0.4 is 5.32 Å². The van der Waals surface area contributed by atoms with Gasteiger partial charge < -0.3 is 5.32 Å². The van der Waals surface area contributed by atoms with Crippen molar-refractivity contribution in [1.82, 2.24) is 14.3 Å². The monoisotopic (exact) mass is 262 g/mol. The molecule has 2 aromatic heterocycles. The molecule has 0 spiro atoms. The number of alkyl halides is 3. The van der Waals surface area contributed by atoms with E-state index in [1.165, 1.54) is 17.9 Å². The second-order valence-electron chi connectivity index (χ2n) is 3.46. The summed E-state index contributed by atoms with van der Waals surface area (Å²) in [5.74, 6) is 0.408. The van der Waals surface area contributed by atoms with E-state index in [-0.39, 0.29) is 6.54 Å². The van der Waals surface area contributed by atoms with E-state index in [1.807, 2.05) is 0 Å². The van der Waals surface area contributed by atoms with Gasteiger partial charge in [0.25, 0.3) is 0 Å². The average molecular weight is 262 g/mol. The normalized spacial score (nSPS) is 12.0. The first-order chi connectivity index (χ1) is 7.97. The van der Waals surface area contributed by atoms with E-state index >= 15 is 0 Å². The summed E-state index contributed by atoms with van der Waals surface area (Å²) in [7, 11) is 0. The number of halogens is 3. The second kappa shape index (κ2) is 4.44. The van der Waals surface area contributed by atoms with Crippen LogP contribution in [0.25, 0.3) is 10.2 Å². The molecule has 0 saturated heterocycles. The first kappa shape index (κ1) is 12.0. The van der Waals surface area contributed by atoms with Gasteiger partial charge in [-0.05, 0) is 18.5 Å². The maximum Gasteiger partial charge on any atom is 0.390 e. The fourth-order valence-corrected chi connectivity index (χ4v) is 2.12. The Labute approximate surface area is 99.1 Å². The van der Waals surface area contributed by atoms with Crippen molar-refractivity contribution in [3.63, 3.8) is 0 Å². The van der Waals surface area contributed by atoms with Crippen molar-refractivity contribution in [2.45, 2.75) is 19.5 Å². The van der Waals surface area contributed by atoms with Crippen LogP contribution in [0.15, 0.2) is 6.33 Å². The van der Waals surface area contributed by atoms with Gasteiger partial charge in [0, 0.05) is 6.54 Å². The molecule has 0 aliphatic carbocycles. The minimum absolute atomic E-state index is 0.203. The molecule has 2 aromatic rings. The van der Waals surface area contributed by atoms with E-state index in [0.717, 1.165) is 5.69 Å². The van der Waals surface area contributed by atoms with Crippen molar-refractivity contribution in [3.8, 4) is 0 Å². The van der Waals surface area contributed by atoms with Crippen molar-refractivity contribution in [1.29, 1.82) is 0 Å². The Kier molecular flexibility index (Phi) is 3.14. The Morgan fingerprint density at radius 2 is 2.12 bits per heavy atom. The zero-order valence-corrected chi connectivity index (χ0v) is 9.69. The summed E-state index contributed by atoms with van der Waals surface area (Å²) in [6.07, 6.45) is -3.74. The molecule has 0 amide bonds. The average Bonchev–Trinajstić information content (AvgIpc) is 2.60. The van der Waals surface area contributed by atoms with Gasteiger partial charge in [0.05, 0.1) is 17.5 Å². The first-order valence-corrected chi connectivity index (χ1v) is 5.62. The van der Waals surface area contributed by atoms with Crippen LogP contribution >= 0.6 is 11.5 Å². The summed E-state index contributed by atoms with van der Waals surface area (Å²) >= 11 is 1.20. The predicted molar refractivity (Wildman–Crippen MR) is 59.1 cm³/mol. The van der Waals surface area contributed by atoms with Crippen LogP contribution in [0.3, 0.4) is 0 Å². The van der Waals surface area contributed by atoms with E-state index in [4.69, 9.17) is 0 Å². The number of hydrogen-bond acceptors (Lipinski definition) is 5. The summed E-state index contributed by atoms with van der Waals surface area (Å²) in [5.41, 5.74) is 0.722. The summed E-state index contributed by atoms with van der Waals surface area (Å²) in [6, 6.07) is 0. The van der Waals surface area contributed by atoms with Crippen molar-refractivity contribution < 1.29 is 13.2 Å².